The van der Waals surface area contributed by atoms with Crippen LogP contribution in [0, 0.1) is 0 Å². The molecule has 14 heteroatoms. The molecule has 3 aromatic rings. The molecule has 1 saturated carbocycles. The van der Waals surface area contributed by atoms with Crippen molar-refractivity contribution in [2.45, 2.75) is 88.8 Å². The number of hydrogen-bond acceptors (Lipinski definition) is 6. The van der Waals surface area contributed by atoms with Crippen molar-refractivity contribution in [2.75, 3.05) is 16.3 Å². The summed E-state index contributed by atoms with van der Waals surface area (Å²) in [6, 6.07) is 4.99. The van der Waals surface area contributed by atoms with Gasteiger partial charge in [0.25, 0.3) is 5.95 Å². The highest BCUT2D eigenvalue weighted by Gasteiger charge is 2.39. The number of amides is 1. The van der Waals surface area contributed by atoms with E-state index in [0.717, 1.165) is 73.8 Å². The van der Waals surface area contributed by atoms with Crippen LogP contribution in [0.15, 0.2) is 30.3 Å². The summed E-state index contributed by atoms with van der Waals surface area (Å²) < 4.78 is 88.2. The van der Waals surface area contributed by atoms with E-state index in [9.17, 15) is 31.1 Å². The van der Waals surface area contributed by atoms with Crippen LogP contribution < -0.4 is 9.80 Å². The molecule has 1 atom stereocenters. The highest BCUT2D eigenvalue weighted by Crippen LogP contribution is 2.43. The van der Waals surface area contributed by atoms with Gasteiger partial charge in [0.15, 0.2) is 0 Å². The van der Waals surface area contributed by atoms with Gasteiger partial charge in [-0.05, 0) is 110 Å². The molecule has 8 nitrogen and oxygen atoms in total. The zero-order valence-corrected chi connectivity index (χ0v) is 24.1. The summed E-state index contributed by atoms with van der Waals surface area (Å²) in [5.41, 5.74) is 0.574. The SMILES string of the molecule is Cn1nnc(N(Cc2cc(C(F)(F)F)cc(C(F)(F)F)c2)[C@H]2CCCN(C(=O)OC3CCCC3)c3cc4c(cc32)CCC4)n1. The van der Waals surface area contributed by atoms with Gasteiger partial charge in [0.05, 0.1) is 29.9 Å². The van der Waals surface area contributed by atoms with E-state index >= 15 is 0 Å². The van der Waals surface area contributed by atoms with Crippen LogP contribution in [-0.4, -0.2) is 38.9 Å². The van der Waals surface area contributed by atoms with E-state index in [1.54, 1.807) is 9.80 Å². The van der Waals surface area contributed by atoms with Crippen LogP contribution in [0.5, 0.6) is 0 Å². The molecule has 0 N–H and O–H groups in total. The van der Waals surface area contributed by atoms with Crippen molar-refractivity contribution in [3.63, 3.8) is 0 Å². The van der Waals surface area contributed by atoms with Crippen molar-refractivity contribution in [3.8, 4) is 0 Å². The first-order chi connectivity index (χ1) is 20.9. The van der Waals surface area contributed by atoms with Gasteiger partial charge in [-0.3, -0.25) is 4.90 Å². The van der Waals surface area contributed by atoms with E-state index in [4.69, 9.17) is 4.74 Å². The molecule has 0 bridgehead atoms. The maximum Gasteiger partial charge on any atom is 0.416 e. The second-order valence-corrected chi connectivity index (χ2v) is 11.8. The number of halogens is 6. The zero-order valence-electron chi connectivity index (χ0n) is 24.1. The Balaban J connectivity index is 1.44. The lowest BCUT2D eigenvalue weighted by molar-refractivity contribution is -0.143. The number of benzene rings is 2. The fourth-order valence-electron chi connectivity index (χ4n) is 6.59. The molecule has 2 aliphatic carbocycles. The Hall–Kier alpha value is -3.84. The molecule has 44 heavy (non-hydrogen) atoms. The summed E-state index contributed by atoms with van der Waals surface area (Å²) in [6.07, 6.45) is -3.42. The average molecular weight is 623 g/mol. The molecule has 0 saturated heterocycles. The van der Waals surface area contributed by atoms with Gasteiger partial charge < -0.3 is 9.64 Å². The Labute approximate surface area is 250 Å². The number of aromatic nitrogens is 4. The summed E-state index contributed by atoms with van der Waals surface area (Å²) in [4.78, 5) is 17.9. The number of carbonyl (C=O) groups excluding carboxylic acids is 1. The predicted octanol–water partition coefficient (Wildman–Crippen LogP) is 7.16. The Morgan fingerprint density at radius 3 is 2.18 bits per heavy atom. The molecule has 236 valence electrons. The fourth-order valence-corrected chi connectivity index (χ4v) is 6.59. The van der Waals surface area contributed by atoms with Crippen molar-refractivity contribution in [1.82, 2.24) is 20.2 Å². The van der Waals surface area contributed by atoms with Crippen LogP contribution in [0.2, 0.25) is 0 Å². The van der Waals surface area contributed by atoms with Gasteiger partial charge in [-0.2, -0.15) is 31.1 Å². The largest absolute Gasteiger partial charge is 0.446 e. The quantitative estimate of drug-likeness (QED) is 0.281. The third-order valence-corrected chi connectivity index (χ3v) is 8.67. The summed E-state index contributed by atoms with van der Waals surface area (Å²) in [5.74, 6) is 0.0527. The van der Waals surface area contributed by atoms with Crippen LogP contribution in [0.4, 0.5) is 42.8 Å². The zero-order chi connectivity index (χ0) is 31.2. The molecule has 0 radical (unpaired) electrons. The minimum atomic E-state index is -4.98. The Kier molecular flexibility index (Phi) is 7.95. The number of hydrogen-bond donors (Lipinski definition) is 0. The Bertz CT molecular complexity index is 1500. The smallest absolute Gasteiger partial charge is 0.416 e. The van der Waals surface area contributed by atoms with E-state index < -0.39 is 35.6 Å². The van der Waals surface area contributed by atoms with Crippen LogP contribution in [0.25, 0.3) is 0 Å². The molecular weight excluding hydrogens is 590 g/mol. The maximum absolute atomic E-state index is 13.7. The van der Waals surface area contributed by atoms with Crippen molar-refractivity contribution in [2.24, 2.45) is 7.05 Å². The van der Waals surface area contributed by atoms with E-state index in [1.165, 1.54) is 11.8 Å². The van der Waals surface area contributed by atoms with E-state index in [1.807, 2.05) is 12.1 Å². The summed E-state index contributed by atoms with van der Waals surface area (Å²) in [6.45, 7) is -0.0102. The number of alkyl halides is 6. The van der Waals surface area contributed by atoms with Crippen LogP contribution in [0.3, 0.4) is 0 Å². The number of nitrogens with zero attached hydrogens (tertiary/aromatic N) is 6. The fraction of sp³-hybridized carbons (Fsp3) is 0.533. The Morgan fingerprint density at radius 1 is 0.909 bits per heavy atom. The number of ether oxygens (including phenoxy) is 1. The van der Waals surface area contributed by atoms with E-state index in [2.05, 4.69) is 15.4 Å². The minimum Gasteiger partial charge on any atom is -0.446 e. The summed E-state index contributed by atoms with van der Waals surface area (Å²) >= 11 is 0. The molecule has 0 spiro atoms. The van der Waals surface area contributed by atoms with E-state index in [-0.39, 0.29) is 30.2 Å². The first-order valence-electron chi connectivity index (χ1n) is 14.8. The highest BCUT2D eigenvalue weighted by molar-refractivity contribution is 5.89. The van der Waals surface area contributed by atoms with Crippen molar-refractivity contribution < 1.29 is 35.9 Å². The number of tetrazole rings is 1. The number of anilines is 2. The van der Waals surface area contributed by atoms with Gasteiger partial charge in [0, 0.05) is 13.1 Å². The first-order valence-corrected chi connectivity index (χ1v) is 14.8. The lowest BCUT2D eigenvalue weighted by atomic mass is 9.95. The second kappa shape index (κ2) is 11.6. The molecule has 1 aromatic heterocycles. The van der Waals surface area contributed by atoms with Crippen molar-refractivity contribution >= 4 is 17.7 Å². The van der Waals surface area contributed by atoms with Crippen LogP contribution in [0.1, 0.15) is 84.4 Å². The Morgan fingerprint density at radius 2 is 1.57 bits per heavy atom. The van der Waals surface area contributed by atoms with Gasteiger partial charge in [-0.25, -0.2) is 4.79 Å². The third-order valence-electron chi connectivity index (χ3n) is 8.67. The second-order valence-electron chi connectivity index (χ2n) is 11.8. The molecule has 1 aliphatic heterocycles. The number of rotatable bonds is 5. The van der Waals surface area contributed by atoms with Crippen molar-refractivity contribution in [1.29, 1.82) is 0 Å². The third kappa shape index (κ3) is 6.20. The molecule has 2 aromatic carbocycles. The highest BCUT2D eigenvalue weighted by atomic mass is 19.4. The average Bonchev–Trinajstić information content (AvgIpc) is 3.71. The minimum absolute atomic E-state index is 0.0527. The standard InChI is InChI=1S/C30H32F6N6O2/c1-40-38-27(37-39-40)42(17-18-12-21(29(31,32)33)16-22(13-18)30(34,35)36)25-10-5-11-41(28(43)44-23-8-2-3-9-23)26-15-20-7-4-6-19(20)14-24(25)26/h12-16,23,25H,2-11,17H2,1H3/t25-/m0/s1. The molecule has 2 heterocycles. The molecule has 0 unspecified atom stereocenters. The number of fused-ring (bicyclic) bond motifs is 2. The van der Waals surface area contributed by atoms with Gasteiger partial charge in [-0.15, -0.1) is 5.10 Å². The first kappa shape index (κ1) is 30.2. The van der Waals surface area contributed by atoms with Gasteiger partial charge in [-0.1, -0.05) is 11.2 Å². The molecule has 6 rings (SSSR count). The van der Waals surface area contributed by atoms with Gasteiger partial charge >= 0.3 is 18.4 Å². The molecule has 1 fully saturated rings. The lowest BCUT2D eigenvalue weighted by Gasteiger charge is -2.32. The maximum atomic E-state index is 13.7. The number of aryl methyl sites for hydroxylation is 3. The molecule has 1 amide bonds. The predicted molar refractivity (Wildman–Crippen MR) is 148 cm³/mol. The van der Waals surface area contributed by atoms with E-state index in [0.29, 0.717) is 25.1 Å². The number of carbonyl (C=O) groups is 1. The topological polar surface area (TPSA) is 76.4 Å². The summed E-state index contributed by atoms with van der Waals surface area (Å²) in [5, 5.41) is 12.3. The van der Waals surface area contributed by atoms with Crippen LogP contribution in [-0.2, 0) is 43.5 Å². The molecule has 3 aliphatic rings. The van der Waals surface area contributed by atoms with Gasteiger partial charge in [0.1, 0.15) is 6.10 Å². The monoisotopic (exact) mass is 622 g/mol. The normalized spacial score (nSPS) is 19.1. The lowest BCUT2D eigenvalue weighted by Crippen LogP contribution is -2.35. The summed E-state index contributed by atoms with van der Waals surface area (Å²) in [7, 11) is 1.52. The van der Waals surface area contributed by atoms with Crippen molar-refractivity contribution in [3.05, 3.63) is 63.7 Å². The van der Waals surface area contributed by atoms with Crippen LogP contribution >= 0.6 is 0 Å². The molecular formula is C30H32F6N6O2. The van der Waals surface area contributed by atoms with Gasteiger partial charge in [0.2, 0.25) is 0 Å².